The second-order valence-corrected chi connectivity index (χ2v) is 4.76. The number of benzene rings is 1. The molecule has 0 atom stereocenters. The molecule has 0 aliphatic carbocycles. The summed E-state index contributed by atoms with van der Waals surface area (Å²) < 4.78 is 83.4. The van der Waals surface area contributed by atoms with Crippen LogP contribution in [0.25, 0.3) is 0 Å². The van der Waals surface area contributed by atoms with Crippen LogP contribution in [0.4, 0.5) is 22.0 Å². The smallest absolute Gasteiger partial charge is 0.207 e. The molecule has 0 aromatic heterocycles. The lowest BCUT2D eigenvalue weighted by atomic mass is 10.2. The van der Waals surface area contributed by atoms with E-state index >= 15 is 0 Å². The van der Waals surface area contributed by atoms with Crippen molar-refractivity contribution in [1.82, 2.24) is 4.72 Å². The van der Waals surface area contributed by atoms with E-state index in [4.69, 9.17) is 0 Å². The quantitative estimate of drug-likeness (QED) is 0.856. The monoisotopic (exact) mass is 275 g/mol. The molecule has 0 bridgehead atoms. The van der Waals surface area contributed by atoms with Gasteiger partial charge in [0.05, 0.1) is 0 Å². The highest BCUT2D eigenvalue weighted by molar-refractivity contribution is 7.90. The van der Waals surface area contributed by atoms with Gasteiger partial charge >= 0.3 is 15.5 Å². The van der Waals surface area contributed by atoms with Crippen LogP contribution < -0.4 is 4.72 Å². The maximum absolute atomic E-state index is 13.0. The molecule has 0 spiro atoms. The number of hydrogen-bond donors (Lipinski definition) is 1. The molecule has 0 radical (unpaired) electrons. The minimum atomic E-state index is -5.53. The topological polar surface area (TPSA) is 46.2 Å². The van der Waals surface area contributed by atoms with Crippen molar-refractivity contribution in [3.63, 3.8) is 0 Å². The fourth-order valence-corrected chi connectivity index (χ4v) is 1.43. The summed E-state index contributed by atoms with van der Waals surface area (Å²) in [5.41, 5.74) is -5.86. The molecule has 1 aromatic carbocycles. The van der Waals surface area contributed by atoms with Gasteiger partial charge in [-0.15, -0.1) is 0 Å². The molecule has 1 N–H and O–H groups in total. The number of halogens is 5. The van der Waals surface area contributed by atoms with Crippen LogP contribution in [0.2, 0.25) is 0 Å². The van der Waals surface area contributed by atoms with Gasteiger partial charge in [-0.3, -0.25) is 0 Å². The lowest BCUT2D eigenvalue weighted by Crippen LogP contribution is -2.36. The van der Waals surface area contributed by atoms with E-state index in [1.807, 2.05) is 0 Å². The predicted molar refractivity (Wildman–Crippen MR) is 48.2 cm³/mol. The van der Waals surface area contributed by atoms with E-state index in [1.54, 1.807) is 0 Å². The van der Waals surface area contributed by atoms with Gasteiger partial charge in [-0.05, 0) is 6.07 Å². The fraction of sp³-hybridized carbons (Fsp3) is 0.250. The van der Waals surface area contributed by atoms with Crippen LogP contribution in [0.3, 0.4) is 0 Å². The third kappa shape index (κ3) is 3.37. The highest BCUT2D eigenvalue weighted by Crippen LogP contribution is 2.22. The zero-order valence-electron chi connectivity index (χ0n) is 8.05. The van der Waals surface area contributed by atoms with Crippen LogP contribution in [-0.4, -0.2) is 13.9 Å². The molecular formula is C8H6F5NO2S. The summed E-state index contributed by atoms with van der Waals surface area (Å²) in [6, 6.07) is 2.10. The van der Waals surface area contributed by atoms with Crippen molar-refractivity contribution in [3.8, 4) is 0 Å². The summed E-state index contributed by atoms with van der Waals surface area (Å²) in [7, 11) is -5.53. The molecule has 0 aliphatic heterocycles. The normalized spacial score (nSPS) is 12.8. The number of hydrogen-bond acceptors (Lipinski definition) is 2. The van der Waals surface area contributed by atoms with Gasteiger partial charge in [0.15, 0.2) is 0 Å². The Bertz CT molecular complexity index is 511. The van der Waals surface area contributed by atoms with E-state index in [0.29, 0.717) is 6.07 Å². The molecule has 96 valence electrons. The molecule has 0 saturated heterocycles. The van der Waals surface area contributed by atoms with Gasteiger partial charge in [-0.25, -0.2) is 21.9 Å². The lowest BCUT2D eigenvalue weighted by Gasteiger charge is -2.09. The van der Waals surface area contributed by atoms with E-state index < -0.39 is 33.7 Å². The standard InChI is InChI=1S/C8H6F5NO2S/c9-6-2-1-5(7(10)3-6)4-14-17(15,16)8(11,12)13/h1-3,14H,4H2. The summed E-state index contributed by atoms with van der Waals surface area (Å²) in [5.74, 6) is -2.04. The Morgan fingerprint density at radius 2 is 1.76 bits per heavy atom. The molecule has 0 fully saturated rings. The van der Waals surface area contributed by atoms with E-state index in [9.17, 15) is 30.4 Å². The van der Waals surface area contributed by atoms with Crippen molar-refractivity contribution < 1.29 is 30.4 Å². The molecule has 9 heteroatoms. The molecule has 17 heavy (non-hydrogen) atoms. The SMILES string of the molecule is O=S(=O)(NCc1ccc(F)cc1F)C(F)(F)F. The first-order chi connectivity index (χ1) is 7.63. The molecule has 0 saturated carbocycles. The summed E-state index contributed by atoms with van der Waals surface area (Å²) in [6.07, 6.45) is 0. The van der Waals surface area contributed by atoms with Crippen molar-refractivity contribution in [3.05, 3.63) is 35.4 Å². The average Bonchev–Trinajstić information content (AvgIpc) is 2.14. The van der Waals surface area contributed by atoms with E-state index in [1.165, 1.54) is 0 Å². The molecule has 0 heterocycles. The van der Waals surface area contributed by atoms with E-state index in [-0.39, 0.29) is 5.56 Å². The van der Waals surface area contributed by atoms with Gasteiger partial charge in [0.25, 0.3) is 0 Å². The van der Waals surface area contributed by atoms with Crippen molar-refractivity contribution in [2.45, 2.75) is 12.1 Å². The Hall–Kier alpha value is -1.22. The Morgan fingerprint density at radius 3 is 2.24 bits per heavy atom. The summed E-state index contributed by atoms with van der Waals surface area (Å²) in [6.45, 7) is -0.909. The van der Waals surface area contributed by atoms with Crippen LogP contribution in [-0.2, 0) is 16.6 Å². The second kappa shape index (κ2) is 4.57. The summed E-state index contributed by atoms with van der Waals surface area (Å²) >= 11 is 0. The Kier molecular flexibility index (Phi) is 3.72. The third-order valence-corrected chi connectivity index (χ3v) is 2.91. The van der Waals surface area contributed by atoms with E-state index in [0.717, 1.165) is 16.9 Å². The minimum absolute atomic E-state index is 0.390. The van der Waals surface area contributed by atoms with Gasteiger partial charge in [0.2, 0.25) is 0 Å². The van der Waals surface area contributed by atoms with Crippen molar-refractivity contribution >= 4 is 10.0 Å². The van der Waals surface area contributed by atoms with Crippen LogP contribution in [0, 0.1) is 11.6 Å². The molecule has 1 aromatic rings. The minimum Gasteiger partial charge on any atom is -0.207 e. The number of rotatable bonds is 3. The van der Waals surface area contributed by atoms with Crippen LogP contribution >= 0.6 is 0 Å². The highest BCUT2D eigenvalue weighted by atomic mass is 32.2. The maximum Gasteiger partial charge on any atom is 0.511 e. The second-order valence-electron chi connectivity index (χ2n) is 3.01. The van der Waals surface area contributed by atoms with Gasteiger partial charge in [0.1, 0.15) is 11.6 Å². The first-order valence-electron chi connectivity index (χ1n) is 4.13. The molecule has 0 aliphatic rings. The molecule has 0 amide bonds. The summed E-state index contributed by atoms with van der Waals surface area (Å²) in [5, 5.41) is 0. The number of nitrogens with one attached hydrogen (secondary N) is 1. The highest BCUT2D eigenvalue weighted by Gasteiger charge is 2.45. The number of alkyl halides is 3. The molecule has 1 rings (SSSR count). The van der Waals surface area contributed by atoms with Crippen LogP contribution in [0.5, 0.6) is 0 Å². The predicted octanol–water partition coefficient (Wildman–Crippen LogP) is 1.90. The van der Waals surface area contributed by atoms with Gasteiger partial charge < -0.3 is 0 Å². The Labute approximate surface area is 93.3 Å². The fourth-order valence-electron chi connectivity index (χ4n) is 0.920. The largest absolute Gasteiger partial charge is 0.511 e. The lowest BCUT2D eigenvalue weighted by molar-refractivity contribution is -0.0448. The maximum atomic E-state index is 13.0. The van der Waals surface area contributed by atoms with Crippen LogP contribution in [0.1, 0.15) is 5.56 Å². The van der Waals surface area contributed by atoms with Crippen LogP contribution in [0.15, 0.2) is 18.2 Å². The van der Waals surface area contributed by atoms with Crippen molar-refractivity contribution in [1.29, 1.82) is 0 Å². The summed E-state index contributed by atoms with van der Waals surface area (Å²) in [4.78, 5) is 0. The molecule has 0 unspecified atom stereocenters. The Balaban J connectivity index is 2.82. The van der Waals surface area contributed by atoms with Crippen molar-refractivity contribution in [2.75, 3.05) is 0 Å². The average molecular weight is 275 g/mol. The number of sulfonamides is 1. The van der Waals surface area contributed by atoms with Gasteiger partial charge in [-0.1, -0.05) is 6.07 Å². The third-order valence-electron chi connectivity index (χ3n) is 1.77. The van der Waals surface area contributed by atoms with Gasteiger partial charge in [-0.2, -0.15) is 13.2 Å². The first kappa shape index (κ1) is 13.8. The first-order valence-corrected chi connectivity index (χ1v) is 5.61. The Morgan fingerprint density at radius 1 is 1.18 bits per heavy atom. The van der Waals surface area contributed by atoms with Crippen molar-refractivity contribution in [2.24, 2.45) is 0 Å². The molecule has 3 nitrogen and oxygen atoms in total. The molecular weight excluding hydrogens is 269 g/mol. The van der Waals surface area contributed by atoms with Gasteiger partial charge in [0, 0.05) is 18.2 Å². The van der Waals surface area contributed by atoms with E-state index in [2.05, 4.69) is 0 Å². The zero-order valence-corrected chi connectivity index (χ0v) is 8.87. The zero-order chi connectivity index (χ0) is 13.3.